The van der Waals surface area contributed by atoms with Gasteiger partial charge in [0.1, 0.15) is 0 Å². The van der Waals surface area contributed by atoms with Crippen LogP contribution >= 0.6 is 0 Å². The van der Waals surface area contributed by atoms with Gasteiger partial charge in [-0.3, -0.25) is 4.79 Å². The number of aromatic amines is 1. The van der Waals surface area contributed by atoms with Gasteiger partial charge in [0.15, 0.2) is 5.78 Å². The minimum atomic E-state index is 0.170. The molecule has 0 amide bonds. The van der Waals surface area contributed by atoms with Gasteiger partial charge in [-0.2, -0.15) is 0 Å². The second kappa shape index (κ2) is 2.58. The molecular weight excluding hydrogens is 174 g/mol. The van der Waals surface area contributed by atoms with E-state index >= 15 is 0 Å². The lowest BCUT2D eigenvalue weighted by Crippen LogP contribution is -2.27. The van der Waals surface area contributed by atoms with Crippen molar-refractivity contribution in [1.29, 1.82) is 0 Å². The number of Topliss-reactive ketones (excluding diaryl/α,β-unsaturated/α-hetero) is 1. The Balaban J connectivity index is 2.58. The zero-order valence-corrected chi connectivity index (χ0v) is 7.58. The third-order valence-electron chi connectivity index (χ3n) is 2.59. The number of carbonyl (C=O) groups excluding carboxylic acids is 1. The van der Waals surface area contributed by atoms with Crippen LogP contribution in [0.3, 0.4) is 0 Å². The van der Waals surface area contributed by atoms with E-state index in [0.717, 1.165) is 10.9 Å². The number of benzene rings is 1. The molecule has 0 unspecified atom stereocenters. The van der Waals surface area contributed by atoms with Crippen LogP contribution in [0.25, 0.3) is 23.1 Å². The first kappa shape index (κ1) is 7.56. The fraction of sp³-hybridized carbons (Fsp3) is 0.0833. The van der Waals surface area contributed by atoms with E-state index in [4.69, 9.17) is 0 Å². The highest BCUT2D eigenvalue weighted by Gasteiger charge is 2.05. The largest absolute Gasteiger partial charge is 0.354 e. The molecule has 0 radical (unpaired) electrons. The predicted molar refractivity (Wildman–Crippen MR) is 56.1 cm³/mol. The van der Waals surface area contributed by atoms with Gasteiger partial charge in [-0.15, -0.1) is 0 Å². The fourth-order valence-electron chi connectivity index (χ4n) is 1.94. The lowest BCUT2D eigenvalue weighted by Gasteiger charge is -1.92. The lowest BCUT2D eigenvalue weighted by molar-refractivity contribution is -0.112. The van der Waals surface area contributed by atoms with Crippen molar-refractivity contribution in [3.63, 3.8) is 0 Å². The van der Waals surface area contributed by atoms with E-state index in [-0.39, 0.29) is 5.78 Å². The van der Waals surface area contributed by atoms with Crippen molar-refractivity contribution in [3.8, 4) is 0 Å². The van der Waals surface area contributed by atoms with Crippen LogP contribution in [0.4, 0.5) is 0 Å². The molecule has 1 aliphatic rings. The molecule has 0 bridgehead atoms. The SMILES string of the molecule is O=C1C=c2[nH]c3ccccc3c2=CC1. The summed E-state index contributed by atoms with van der Waals surface area (Å²) in [6.45, 7) is 0. The molecule has 0 atom stereocenters. The standard InChI is InChI=1S/C12H9NO/c14-8-5-6-10-9-3-1-2-4-11(9)13-12(10)7-8/h1-4,6-7,13H,5H2. The molecule has 2 aromatic rings. The number of hydrogen-bond donors (Lipinski definition) is 1. The van der Waals surface area contributed by atoms with Gasteiger partial charge < -0.3 is 4.98 Å². The van der Waals surface area contributed by atoms with Gasteiger partial charge in [-0.25, -0.2) is 0 Å². The summed E-state index contributed by atoms with van der Waals surface area (Å²) in [7, 11) is 0. The first-order chi connectivity index (χ1) is 6.84. The van der Waals surface area contributed by atoms with Crippen LogP contribution in [0, 0.1) is 0 Å². The third kappa shape index (κ3) is 0.940. The molecule has 0 saturated carbocycles. The van der Waals surface area contributed by atoms with E-state index in [1.165, 1.54) is 10.6 Å². The van der Waals surface area contributed by atoms with E-state index in [9.17, 15) is 4.79 Å². The summed E-state index contributed by atoms with van der Waals surface area (Å²) >= 11 is 0. The summed E-state index contributed by atoms with van der Waals surface area (Å²) in [4.78, 5) is 14.4. The third-order valence-corrected chi connectivity index (χ3v) is 2.59. The maximum atomic E-state index is 11.2. The average Bonchev–Trinajstić information content (AvgIpc) is 2.54. The van der Waals surface area contributed by atoms with Gasteiger partial charge in [0.05, 0.1) is 0 Å². The van der Waals surface area contributed by atoms with E-state index in [1.54, 1.807) is 6.08 Å². The first-order valence-electron chi connectivity index (χ1n) is 4.66. The molecular formula is C12H9NO. The summed E-state index contributed by atoms with van der Waals surface area (Å²) in [5.41, 5.74) is 1.10. The number of hydrogen-bond acceptors (Lipinski definition) is 1. The number of nitrogens with one attached hydrogen (secondary N) is 1. The quantitative estimate of drug-likeness (QED) is 0.640. The Morgan fingerprint density at radius 3 is 3.00 bits per heavy atom. The number of aromatic nitrogens is 1. The normalized spacial score (nSPS) is 14.7. The fourth-order valence-corrected chi connectivity index (χ4v) is 1.94. The molecule has 2 heteroatoms. The molecule has 14 heavy (non-hydrogen) atoms. The maximum Gasteiger partial charge on any atom is 0.161 e. The molecule has 0 fully saturated rings. The van der Waals surface area contributed by atoms with Crippen molar-refractivity contribution in [3.05, 3.63) is 34.8 Å². The second-order valence-corrected chi connectivity index (χ2v) is 3.52. The van der Waals surface area contributed by atoms with Gasteiger partial charge in [0.25, 0.3) is 0 Å². The van der Waals surface area contributed by atoms with Crippen LogP contribution in [0.1, 0.15) is 6.42 Å². The Kier molecular flexibility index (Phi) is 1.39. The maximum absolute atomic E-state index is 11.2. The van der Waals surface area contributed by atoms with Crippen LogP contribution in [-0.2, 0) is 4.79 Å². The molecule has 1 aliphatic carbocycles. The number of fused-ring (bicyclic) bond motifs is 3. The molecule has 1 aromatic carbocycles. The molecule has 1 aromatic heterocycles. The predicted octanol–water partition coefficient (Wildman–Crippen LogP) is 0.702. The lowest BCUT2D eigenvalue weighted by atomic mass is 10.1. The van der Waals surface area contributed by atoms with Gasteiger partial charge in [0, 0.05) is 34.0 Å². The van der Waals surface area contributed by atoms with E-state index < -0.39 is 0 Å². The average molecular weight is 183 g/mol. The zero-order valence-electron chi connectivity index (χ0n) is 7.58. The first-order valence-corrected chi connectivity index (χ1v) is 4.66. The van der Waals surface area contributed by atoms with E-state index in [0.29, 0.717) is 6.42 Å². The number of ketones is 1. The molecule has 0 spiro atoms. The van der Waals surface area contributed by atoms with Crippen LogP contribution in [0.15, 0.2) is 24.3 Å². The number of para-hydroxylation sites is 1. The molecule has 3 rings (SSSR count). The zero-order chi connectivity index (χ0) is 9.54. The Labute approximate surface area is 80.6 Å². The van der Waals surface area contributed by atoms with Crippen molar-refractivity contribution < 1.29 is 4.79 Å². The Morgan fingerprint density at radius 1 is 1.21 bits per heavy atom. The molecule has 0 aliphatic heterocycles. The van der Waals surface area contributed by atoms with Gasteiger partial charge in [-0.1, -0.05) is 24.3 Å². The van der Waals surface area contributed by atoms with Crippen molar-refractivity contribution >= 4 is 28.8 Å². The van der Waals surface area contributed by atoms with Gasteiger partial charge in [-0.05, 0) is 6.07 Å². The van der Waals surface area contributed by atoms with Crippen molar-refractivity contribution in [2.45, 2.75) is 6.42 Å². The number of rotatable bonds is 0. The van der Waals surface area contributed by atoms with Gasteiger partial charge in [0.2, 0.25) is 0 Å². The summed E-state index contributed by atoms with van der Waals surface area (Å²) in [6, 6.07) is 8.11. The van der Waals surface area contributed by atoms with Crippen LogP contribution < -0.4 is 10.6 Å². The molecule has 1 N–H and O–H groups in total. The molecule has 0 saturated heterocycles. The number of carbonyl (C=O) groups is 1. The highest BCUT2D eigenvalue weighted by molar-refractivity contribution is 6.09. The van der Waals surface area contributed by atoms with Crippen LogP contribution in [0.5, 0.6) is 0 Å². The molecule has 2 nitrogen and oxygen atoms in total. The minimum absolute atomic E-state index is 0.170. The van der Waals surface area contributed by atoms with Crippen molar-refractivity contribution in [2.24, 2.45) is 0 Å². The molecule has 68 valence electrons. The number of H-pyrrole nitrogens is 1. The molecule has 1 heterocycles. The minimum Gasteiger partial charge on any atom is -0.354 e. The summed E-state index contributed by atoms with van der Waals surface area (Å²) in [6.07, 6.45) is 4.21. The van der Waals surface area contributed by atoms with Crippen LogP contribution in [0.2, 0.25) is 0 Å². The Bertz CT molecular complexity index is 634. The Hall–Kier alpha value is -1.83. The van der Waals surface area contributed by atoms with E-state index in [1.807, 2.05) is 24.3 Å². The monoisotopic (exact) mass is 183 g/mol. The van der Waals surface area contributed by atoms with Crippen LogP contribution in [-0.4, -0.2) is 10.8 Å². The highest BCUT2D eigenvalue weighted by Crippen LogP contribution is 2.05. The highest BCUT2D eigenvalue weighted by atomic mass is 16.1. The van der Waals surface area contributed by atoms with Crippen molar-refractivity contribution in [2.75, 3.05) is 0 Å². The second-order valence-electron chi connectivity index (χ2n) is 3.52. The topological polar surface area (TPSA) is 32.9 Å². The van der Waals surface area contributed by atoms with Gasteiger partial charge >= 0.3 is 0 Å². The Morgan fingerprint density at radius 2 is 2.07 bits per heavy atom. The summed E-state index contributed by atoms with van der Waals surface area (Å²) in [5.74, 6) is 0.170. The smallest absolute Gasteiger partial charge is 0.161 e. The summed E-state index contributed by atoms with van der Waals surface area (Å²) in [5, 5.41) is 3.31. The van der Waals surface area contributed by atoms with E-state index in [2.05, 4.69) is 11.1 Å². The van der Waals surface area contributed by atoms with Crippen molar-refractivity contribution in [1.82, 2.24) is 4.98 Å². The summed E-state index contributed by atoms with van der Waals surface area (Å²) < 4.78 is 0.